The van der Waals surface area contributed by atoms with Crippen LogP contribution in [0.25, 0.3) is 0 Å². The van der Waals surface area contributed by atoms with Crippen molar-refractivity contribution < 1.29 is 9.59 Å². The summed E-state index contributed by atoms with van der Waals surface area (Å²) in [4.78, 5) is 34.4. The number of hydrogen-bond donors (Lipinski definition) is 2. The highest BCUT2D eigenvalue weighted by molar-refractivity contribution is 6.06. The molecule has 2 saturated heterocycles. The van der Waals surface area contributed by atoms with E-state index in [-0.39, 0.29) is 35.5 Å². The fraction of sp³-hybridized carbons (Fsp3) is 0.792. The second-order valence-corrected chi connectivity index (χ2v) is 9.61. The molecule has 0 aromatic carbocycles. The monoisotopic (exact) mass is 429 g/mol. The average molecular weight is 430 g/mol. The third-order valence-electron chi connectivity index (χ3n) is 7.51. The molecule has 4 unspecified atom stereocenters. The van der Waals surface area contributed by atoms with Crippen molar-refractivity contribution in [2.45, 2.75) is 46.0 Å². The molecule has 172 valence electrons. The van der Waals surface area contributed by atoms with Crippen molar-refractivity contribution >= 4 is 17.8 Å². The second-order valence-electron chi connectivity index (χ2n) is 9.61. The van der Waals surface area contributed by atoms with Gasteiger partial charge in [0.1, 0.15) is 0 Å². The van der Waals surface area contributed by atoms with Crippen LogP contribution in [0.5, 0.6) is 0 Å². The molecule has 2 amide bonds. The lowest BCUT2D eigenvalue weighted by atomic mass is 9.85. The number of carbonyl (C=O) groups excluding carboxylic acids is 2. The summed E-state index contributed by atoms with van der Waals surface area (Å²) in [7, 11) is 0. The zero-order valence-electron chi connectivity index (χ0n) is 19.2. The molecule has 7 heteroatoms. The molecule has 31 heavy (non-hydrogen) atoms. The zero-order chi connectivity index (χ0) is 21.8. The molecular weight excluding hydrogens is 390 g/mol. The summed E-state index contributed by atoms with van der Waals surface area (Å²) in [5, 5.41) is 6.71. The molecule has 1 saturated carbocycles. The topological polar surface area (TPSA) is 77.0 Å². The quantitative estimate of drug-likeness (QED) is 0.192. The lowest BCUT2D eigenvalue weighted by Gasteiger charge is -2.31. The molecule has 2 aliphatic heterocycles. The van der Waals surface area contributed by atoms with Crippen LogP contribution in [-0.4, -0.2) is 73.4 Å². The van der Waals surface area contributed by atoms with Crippen molar-refractivity contribution in [3.8, 4) is 0 Å². The predicted octanol–water partition coefficient (Wildman–Crippen LogP) is 1.86. The summed E-state index contributed by atoms with van der Waals surface area (Å²) in [6.07, 6.45) is 9.71. The number of amides is 2. The van der Waals surface area contributed by atoms with Gasteiger partial charge in [0.2, 0.25) is 11.8 Å². The van der Waals surface area contributed by atoms with Crippen LogP contribution in [0, 0.1) is 29.6 Å². The van der Waals surface area contributed by atoms with E-state index < -0.39 is 0 Å². The molecule has 2 N–H and O–H groups in total. The highest BCUT2D eigenvalue weighted by atomic mass is 16.2. The summed E-state index contributed by atoms with van der Waals surface area (Å²) in [6.45, 7) is 10.8. The zero-order valence-corrected chi connectivity index (χ0v) is 19.2. The molecule has 2 heterocycles. The van der Waals surface area contributed by atoms with Crippen LogP contribution >= 0.6 is 0 Å². The Kier molecular flexibility index (Phi) is 7.31. The van der Waals surface area contributed by atoms with Crippen LogP contribution in [0.4, 0.5) is 0 Å². The maximum absolute atomic E-state index is 12.8. The number of rotatable bonds is 9. The molecule has 0 radical (unpaired) electrons. The minimum Gasteiger partial charge on any atom is -0.357 e. The van der Waals surface area contributed by atoms with Gasteiger partial charge in [-0.25, -0.2) is 0 Å². The highest BCUT2D eigenvalue weighted by Crippen LogP contribution is 2.52. The number of hydrogen-bond acceptors (Lipinski definition) is 4. The lowest BCUT2D eigenvalue weighted by Crippen LogP contribution is -2.40. The molecule has 2 aliphatic carbocycles. The van der Waals surface area contributed by atoms with Gasteiger partial charge < -0.3 is 15.5 Å². The van der Waals surface area contributed by atoms with Gasteiger partial charge in [-0.2, -0.15) is 0 Å². The Hall–Kier alpha value is -1.89. The SMILES string of the molecule is CCCN1CCC(CN=C(NCC)NCCCN2C(=O)C3C4C=CC(C4)C3C2=O)CC1. The van der Waals surface area contributed by atoms with E-state index >= 15 is 0 Å². The van der Waals surface area contributed by atoms with Crippen LogP contribution in [0.2, 0.25) is 0 Å². The standard InChI is InChI=1S/C24H39N5O2/c1-3-11-28-13-8-17(9-14-28)16-27-24(25-4-2)26-10-5-12-29-22(30)20-18-6-7-19(15-18)21(20)23(29)31/h6-7,17-21H,3-5,8-16H2,1-2H3,(H2,25,26,27). The maximum atomic E-state index is 12.8. The Morgan fingerprint density at radius 2 is 1.71 bits per heavy atom. The van der Waals surface area contributed by atoms with Crippen LogP contribution in [0.3, 0.4) is 0 Å². The molecule has 0 spiro atoms. The Balaban J connectivity index is 1.19. The number of nitrogens with one attached hydrogen (secondary N) is 2. The van der Waals surface area contributed by atoms with Crippen molar-refractivity contribution in [1.29, 1.82) is 0 Å². The number of allylic oxidation sites excluding steroid dienone is 2. The van der Waals surface area contributed by atoms with Crippen molar-refractivity contribution in [2.24, 2.45) is 34.6 Å². The molecule has 3 fully saturated rings. The first-order valence-corrected chi connectivity index (χ1v) is 12.4. The fourth-order valence-electron chi connectivity index (χ4n) is 5.90. The molecule has 7 nitrogen and oxygen atoms in total. The molecule has 4 aliphatic rings. The number of aliphatic imine (C=N–C) groups is 1. The Morgan fingerprint density at radius 3 is 2.32 bits per heavy atom. The normalized spacial score (nSPS) is 31.0. The maximum Gasteiger partial charge on any atom is 0.233 e. The Morgan fingerprint density at radius 1 is 1.03 bits per heavy atom. The molecule has 2 bridgehead atoms. The van der Waals surface area contributed by atoms with Gasteiger partial charge in [-0.05, 0) is 76.4 Å². The van der Waals surface area contributed by atoms with Crippen molar-refractivity contribution in [2.75, 3.05) is 45.8 Å². The largest absolute Gasteiger partial charge is 0.357 e. The van der Waals surface area contributed by atoms with E-state index in [9.17, 15) is 9.59 Å². The first-order chi connectivity index (χ1) is 15.1. The molecule has 0 aromatic rings. The summed E-state index contributed by atoms with van der Waals surface area (Å²) >= 11 is 0. The Bertz CT molecular complexity index is 683. The molecule has 0 aromatic heterocycles. The van der Waals surface area contributed by atoms with E-state index in [2.05, 4.69) is 41.5 Å². The lowest BCUT2D eigenvalue weighted by molar-refractivity contribution is -0.140. The van der Waals surface area contributed by atoms with Gasteiger partial charge in [0.25, 0.3) is 0 Å². The average Bonchev–Trinajstić information content (AvgIpc) is 3.45. The van der Waals surface area contributed by atoms with Crippen LogP contribution in [0.15, 0.2) is 17.1 Å². The molecule has 4 atom stereocenters. The van der Waals surface area contributed by atoms with Gasteiger partial charge in [0.15, 0.2) is 5.96 Å². The number of piperidine rings is 1. The van der Waals surface area contributed by atoms with Crippen molar-refractivity contribution in [3.05, 3.63) is 12.2 Å². The van der Waals surface area contributed by atoms with Gasteiger partial charge >= 0.3 is 0 Å². The van der Waals surface area contributed by atoms with Gasteiger partial charge in [0, 0.05) is 26.2 Å². The Labute approximate surface area is 186 Å². The molecular formula is C24H39N5O2. The van der Waals surface area contributed by atoms with E-state index in [0.29, 0.717) is 19.0 Å². The fourth-order valence-corrected chi connectivity index (χ4v) is 5.90. The first-order valence-electron chi connectivity index (χ1n) is 12.4. The number of fused-ring (bicyclic) bond motifs is 5. The predicted molar refractivity (Wildman–Crippen MR) is 122 cm³/mol. The van der Waals surface area contributed by atoms with E-state index in [4.69, 9.17) is 4.99 Å². The second kappa shape index (κ2) is 10.2. The summed E-state index contributed by atoms with van der Waals surface area (Å²) in [5.74, 6) is 2.02. The van der Waals surface area contributed by atoms with E-state index in [1.54, 1.807) is 0 Å². The summed E-state index contributed by atoms with van der Waals surface area (Å²) < 4.78 is 0. The highest BCUT2D eigenvalue weighted by Gasteiger charge is 2.58. The minimum atomic E-state index is -0.0851. The van der Waals surface area contributed by atoms with E-state index in [0.717, 1.165) is 31.9 Å². The number of imide groups is 1. The summed E-state index contributed by atoms with van der Waals surface area (Å²) in [5.41, 5.74) is 0. The van der Waals surface area contributed by atoms with Crippen molar-refractivity contribution in [3.63, 3.8) is 0 Å². The van der Waals surface area contributed by atoms with Crippen molar-refractivity contribution in [1.82, 2.24) is 20.4 Å². The molecule has 4 rings (SSSR count). The number of nitrogens with zero attached hydrogens (tertiary/aromatic N) is 3. The summed E-state index contributed by atoms with van der Waals surface area (Å²) in [6, 6.07) is 0. The van der Waals surface area contributed by atoms with Gasteiger partial charge in [-0.15, -0.1) is 0 Å². The number of carbonyl (C=O) groups is 2. The smallest absolute Gasteiger partial charge is 0.233 e. The third kappa shape index (κ3) is 4.81. The van der Waals surface area contributed by atoms with E-state index in [1.807, 2.05) is 0 Å². The first kappa shape index (κ1) is 22.3. The van der Waals surface area contributed by atoms with Gasteiger partial charge in [0.05, 0.1) is 11.8 Å². The van der Waals surface area contributed by atoms with E-state index in [1.165, 1.54) is 43.8 Å². The van der Waals surface area contributed by atoms with Gasteiger partial charge in [-0.1, -0.05) is 19.1 Å². The van der Waals surface area contributed by atoms with Crippen LogP contribution in [-0.2, 0) is 9.59 Å². The third-order valence-corrected chi connectivity index (χ3v) is 7.51. The van der Waals surface area contributed by atoms with Crippen LogP contribution in [0.1, 0.15) is 46.0 Å². The number of guanidine groups is 1. The minimum absolute atomic E-state index is 0.0573. The number of likely N-dealkylation sites (tertiary alicyclic amines) is 2. The van der Waals surface area contributed by atoms with Crippen LogP contribution < -0.4 is 10.6 Å². The van der Waals surface area contributed by atoms with Gasteiger partial charge in [-0.3, -0.25) is 19.5 Å².